The normalized spacial score (nSPS) is 10.3. The van der Waals surface area contributed by atoms with E-state index in [1.165, 1.54) is 28.9 Å². The Morgan fingerprint density at radius 2 is 2.04 bits per heavy atom. The van der Waals surface area contributed by atoms with Crippen LogP contribution < -0.4 is 11.0 Å². The van der Waals surface area contributed by atoms with E-state index in [4.69, 9.17) is 0 Å². The van der Waals surface area contributed by atoms with Crippen LogP contribution in [0.25, 0.3) is 0 Å². The molecule has 0 atom stereocenters. The monoisotopic (exact) mass is 328 g/mol. The fourth-order valence-electron chi connectivity index (χ4n) is 2.14. The minimum absolute atomic E-state index is 0.0960. The van der Waals surface area contributed by atoms with Crippen molar-refractivity contribution in [1.82, 2.24) is 14.5 Å². The molecule has 1 N–H and O–H groups in total. The minimum atomic E-state index is -0.501. The molecule has 1 aromatic carbocycles. The lowest BCUT2D eigenvalue weighted by Crippen LogP contribution is -2.38. The number of hydrogen-bond donors (Lipinski definition) is 1. The molecular formula is C17H20N4O3. The molecule has 1 aromatic heterocycles. The van der Waals surface area contributed by atoms with E-state index in [-0.39, 0.29) is 24.9 Å². The van der Waals surface area contributed by atoms with Gasteiger partial charge in [0, 0.05) is 25.1 Å². The second-order valence-electron chi connectivity index (χ2n) is 5.65. The molecule has 0 aliphatic heterocycles. The van der Waals surface area contributed by atoms with Crippen LogP contribution in [0.5, 0.6) is 0 Å². The van der Waals surface area contributed by atoms with Crippen molar-refractivity contribution in [1.29, 1.82) is 0 Å². The van der Waals surface area contributed by atoms with E-state index in [2.05, 4.69) is 10.3 Å². The molecule has 7 nitrogen and oxygen atoms in total. The maximum Gasteiger partial charge on any atom is 0.347 e. The molecule has 2 rings (SSSR count). The number of nitrogens with zero attached hydrogens (tertiary/aromatic N) is 3. The summed E-state index contributed by atoms with van der Waals surface area (Å²) in [5.41, 5.74) is 2.21. The van der Waals surface area contributed by atoms with Crippen molar-refractivity contribution in [3.05, 3.63) is 58.3 Å². The number of nitrogens with one attached hydrogen (secondary N) is 1. The number of carbonyl (C=O) groups excluding carboxylic acids is 2. The third-order valence-electron chi connectivity index (χ3n) is 3.56. The van der Waals surface area contributed by atoms with Gasteiger partial charge in [0.2, 0.25) is 11.8 Å². The van der Waals surface area contributed by atoms with Crippen molar-refractivity contribution in [3.8, 4) is 0 Å². The summed E-state index contributed by atoms with van der Waals surface area (Å²) in [4.78, 5) is 40.6. The summed E-state index contributed by atoms with van der Waals surface area (Å²) < 4.78 is 1.20. The first-order valence-corrected chi connectivity index (χ1v) is 7.49. The molecule has 1 heterocycles. The van der Waals surface area contributed by atoms with E-state index in [0.717, 1.165) is 16.8 Å². The van der Waals surface area contributed by atoms with E-state index in [1.807, 2.05) is 32.0 Å². The van der Waals surface area contributed by atoms with Gasteiger partial charge in [-0.15, -0.1) is 0 Å². The Labute approximate surface area is 139 Å². The number of aromatic nitrogens is 2. The van der Waals surface area contributed by atoms with Crippen molar-refractivity contribution in [2.24, 2.45) is 0 Å². The van der Waals surface area contributed by atoms with Gasteiger partial charge in [0.1, 0.15) is 6.54 Å². The standard InChI is InChI=1S/C17H20N4O3/c1-12-5-6-13(2)14(9-12)19-15(22)10-20(3)16(23)11-21-8-4-7-18-17(21)24/h4-9H,10-11H2,1-3H3,(H,19,22). The number of aryl methyl sites for hydroxylation is 2. The number of carbonyl (C=O) groups is 2. The summed E-state index contributed by atoms with van der Waals surface area (Å²) in [6, 6.07) is 7.34. The van der Waals surface area contributed by atoms with Gasteiger partial charge in [-0.05, 0) is 37.1 Å². The van der Waals surface area contributed by atoms with Crippen LogP contribution in [-0.2, 0) is 16.1 Å². The Morgan fingerprint density at radius 1 is 1.29 bits per heavy atom. The van der Waals surface area contributed by atoms with Crippen LogP contribution in [0.4, 0.5) is 5.69 Å². The van der Waals surface area contributed by atoms with Gasteiger partial charge in [0.15, 0.2) is 0 Å². The van der Waals surface area contributed by atoms with Crippen LogP contribution in [0.1, 0.15) is 11.1 Å². The number of amides is 2. The topological polar surface area (TPSA) is 84.3 Å². The van der Waals surface area contributed by atoms with Gasteiger partial charge in [-0.3, -0.25) is 14.2 Å². The molecule has 0 aliphatic rings. The summed E-state index contributed by atoms with van der Waals surface area (Å²) in [7, 11) is 1.52. The first-order chi connectivity index (χ1) is 11.4. The summed E-state index contributed by atoms with van der Waals surface area (Å²) in [6.45, 7) is 3.59. The highest BCUT2D eigenvalue weighted by atomic mass is 16.2. The highest BCUT2D eigenvalue weighted by Crippen LogP contribution is 2.16. The molecule has 0 bridgehead atoms. The van der Waals surface area contributed by atoms with E-state index >= 15 is 0 Å². The summed E-state index contributed by atoms with van der Waals surface area (Å²) >= 11 is 0. The van der Waals surface area contributed by atoms with Gasteiger partial charge in [-0.2, -0.15) is 0 Å². The summed E-state index contributed by atoms with van der Waals surface area (Å²) in [5.74, 6) is -0.640. The smallest absolute Gasteiger partial charge is 0.335 e. The Morgan fingerprint density at radius 3 is 2.75 bits per heavy atom. The Kier molecular flexibility index (Phi) is 5.47. The van der Waals surface area contributed by atoms with Gasteiger partial charge >= 0.3 is 5.69 Å². The molecular weight excluding hydrogens is 308 g/mol. The highest BCUT2D eigenvalue weighted by molar-refractivity contribution is 5.95. The number of rotatable bonds is 5. The molecule has 0 aliphatic carbocycles. The molecule has 126 valence electrons. The second kappa shape index (κ2) is 7.54. The van der Waals surface area contributed by atoms with E-state index in [0.29, 0.717) is 0 Å². The van der Waals surface area contributed by atoms with E-state index < -0.39 is 5.69 Å². The largest absolute Gasteiger partial charge is 0.347 e. The molecule has 0 saturated carbocycles. The molecule has 0 fully saturated rings. The number of anilines is 1. The average molecular weight is 328 g/mol. The van der Waals surface area contributed by atoms with Crippen molar-refractivity contribution in [2.45, 2.75) is 20.4 Å². The zero-order chi connectivity index (χ0) is 17.7. The minimum Gasteiger partial charge on any atom is -0.335 e. The molecule has 2 amide bonds. The second-order valence-corrected chi connectivity index (χ2v) is 5.65. The Balaban J connectivity index is 1.96. The first-order valence-electron chi connectivity index (χ1n) is 7.49. The Bertz CT molecular complexity index is 813. The lowest BCUT2D eigenvalue weighted by molar-refractivity contribution is -0.133. The lowest BCUT2D eigenvalue weighted by atomic mass is 10.1. The van der Waals surface area contributed by atoms with Crippen LogP contribution in [0.15, 0.2) is 41.5 Å². The SMILES string of the molecule is Cc1ccc(C)c(NC(=O)CN(C)C(=O)Cn2cccnc2=O)c1. The lowest BCUT2D eigenvalue weighted by Gasteiger charge is -2.18. The van der Waals surface area contributed by atoms with Gasteiger partial charge in [0.25, 0.3) is 0 Å². The van der Waals surface area contributed by atoms with Crippen LogP contribution in [-0.4, -0.2) is 39.9 Å². The highest BCUT2D eigenvalue weighted by Gasteiger charge is 2.14. The number of benzene rings is 1. The van der Waals surface area contributed by atoms with Gasteiger partial charge < -0.3 is 10.2 Å². The quantitative estimate of drug-likeness (QED) is 0.886. The number of hydrogen-bond acceptors (Lipinski definition) is 4. The van der Waals surface area contributed by atoms with Gasteiger partial charge in [-0.25, -0.2) is 9.78 Å². The molecule has 0 unspecified atom stereocenters. The third kappa shape index (κ3) is 4.52. The molecule has 0 saturated heterocycles. The van der Waals surface area contributed by atoms with Crippen LogP contribution in [0.2, 0.25) is 0 Å². The Hall–Kier alpha value is -2.96. The zero-order valence-electron chi connectivity index (χ0n) is 13.9. The zero-order valence-corrected chi connectivity index (χ0v) is 13.9. The fraction of sp³-hybridized carbons (Fsp3) is 0.294. The fourth-order valence-corrected chi connectivity index (χ4v) is 2.14. The third-order valence-corrected chi connectivity index (χ3v) is 3.56. The molecule has 0 radical (unpaired) electrons. The number of likely N-dealkylation sites (N-methyl/N-ethyl adjacent to an activating group) is 1. The van der Waals surface area contributed by atoms with Crippen LogP contribution in [0.3, 0.4) is 0 Å². The van der Waals surface area contributed by atoms with Gasteiger partial charge in [-0.1, -0.05) is 12.1 Å². The molecule has 2 aromatic rings. The molecule has 24 heavy (non-hydrogen) atoms. The van der Waals surface area contributed by atoms with E-state index in [9.17, 15) is 14.4 Å². The molecule has 0 spiro atoms. The summed E-state index contributed by atoms with van der Waals surface area (Å²) in [6.07, 6.45) is 2.85. The van der Waals surface area contributed by atoms with Crippen LogP contribution >= 0.6 is 0 Å². The predicted octanol–water partition coefficient (Wildman–Crippen LogP) is 0.957. The van der Waals surface area contributed by atoms with Gasteiger partial charge in [0.05, 0.1) is 6.54 Å². The van der Waals surface area contributed by atoms with Crippen molar-refractivity contribution >= 4 is 17.5 Å². The summed E-state index contributed by atoms with van der Waals surface area (Å²) in [5, 5.41) is 2.80. The van der Waals surface area contributed by atoms with Crippen molar-refractivity contribution in [2.75, 3.05) is 18.9 Å². The maximum atomic E-state index is 12.1. The maximum absolute atomic E-state index is 12.1. The van der Waals surface area contributed by atoms with E-state index in [1.54, 1.807) is 6.07 Å². The average Bonchev–Trinajstić information content (AvgIpc) is 2.53. The van der Waals surface area contributed by atoms with Crippen molar-refractivity contribution < 1.29 is 9.59 Å². The van der Waals surface area contributed by atoms with Crippen molar-refractivity contribution in [3.63, 3.8) is 0 Å². The van der Waals surface area contributed by atoms with Crippen LogP contribution in [0, 0.1) is 13.8 Å². The predicted molar refractivity (Wildman–Crippen MR) is 90.7 cm³/mol. The molecule has 7 heteroatoms. The first kappa shape index (κ1) is 17.4.